The van der Waals surface area contributed by atoms with Gasteiger partial charge in [0.2, 0.25) is 5.12 Å². The lowest BCUT2D eigenvalue weighted by molar-refractivity contribution is -0.128. The lowest BCUT2D eigenvalue weighted by atomic mass is 10.2. The highest BCUT2D eigenvalue weighted by atomic mass is 32.2. The maximum atomic E-state index is 11.9. The first-order valence-electron chi connectivity index (χ1n) is 6.32. The number of thioether (sulfide) groups is 1. The van der Waals surface area contributed by atoms with Crippen molar-refractivity contribution in [2.24, 2.45) is 0 Å². The van der Waals surface area contributed by atoms with Gasteiger partial charge in [0.1, 0.15) is 6.10 Å². The number of aliphatic hydroxyl groups excluding tert-OH is 1. The molecule has 0 saturated heterocycles. The van der Waals surface area contributed by atoms with Gasteiger partial charge in [-0.2, -0.15) is 0 Å². The predicted molar refractivity (Wildman–Crippen MR) is 79.0 cm³/mol. The molecule has 0 bridgehead atoms. The number of benzene rings is 1. The lowest BCUT2D eigenvalue weighted by Gasteiger charge is -2.19. The fraction of sp³-hybridized carbons (Fsp3) is 0.400. The van der Waals surface area contributed by atoms with Crippen LogP contribution in [0, 0.1) is 0 Å². The van der Waals surface area contributed by atoms with Crippen LogP contribution in [-0.2, 0) is 16.1 Å². The summed E-state index contributed by atoms with van der Waals surface area (Å²) in [7, 11) is 0. The summed E-state index contributed by atoms with van der Waals surface area (Å²) in [5.74, 6) is 0.673. The molecule has 0 heterocycles. The molecule has 3 nitrogen and oxygen atoms in total. The fourth-order valence-corrected chi connectivity index (χ4v) is 2.25. The van der Waals surface area contributed by atoms with Crippen molar-refractivity contribution in [3.63, 3.8) is 0 Å². The van der Waals surface area contributed by atoms with Crippen LogP contribution < -0.4 is 0 Å². The smallest absolute Gasteiger partial charge is 0.220 e. The Kier molecular flexibility index (Phi) is 7.48. The van der Waals surface area contributed by atoms with E-state index < -0.39 is 12.2 Å². The van der Waals surface area contributed by atoms with Gasteiger partial charge in [0, 0.05) is 0 Å². The van der Waals surface area contributed by atoms with Crippen molar-refractivity contribution in [3.05, 3.63) is 48.0 Å². The molecular formula is C15H20O3S. The monoisotopic (exact) mass is 280 g/mol. The maximum absolute atomic E-state index is 11.9. The van der Waals surface area contributed by atoms with E-state index in [0.717, 1.165) is 5.56 Å². The first kappa shape index (κ1) is 16.0. The van der Waals surface area contributed by atoms with Crippen molar-refractivity contribution in [2.75, 3.05) is 5.75 Å². The number of hydrogen-bond donors (Lipinski definition) is 1. The van der Waals surface area contributed by atoms with Crippen molar-refractivity contribution < 1.29 is 14.6 Å². The van der Waals surface area contributed by atoms with Gasteiger partial charge < -0.3 is 9.84 Å². The molecule has 0 saturated carbocycles. The van der Waals surface area contributed by atoms with Crippen LogP contribution in [0.15, 0.2) is 42.5 Å². The summed E-state index contributed by atoms with van der Waals surface area (Å²) in [4.78, 5) is 11.9. The van der Waals surface area contributed by atoms with Crippen LogP contribution in [0.2, 0.25) is 0 Å². The summed E-state index contributed by atoms with van der Waals surface area (Å²) in [6.45, 7) is 4.02. The van der Waals surface area contributed by atoms with Crippen LogP contribution >= 0.6 is 11.8 Å². The minimum Gasteiger partial charge on any atom is -0.386 e. The van der Waals surface area contributed by atoms with E-state index >= 15 is 0 Å². The third-order valence-corrected chi connectivity index (χ3v) is 3.30. The van der Waals surface area contributed by atoms with Crippen LogP contribution in [0.4, 0.5) is 0 Å². The molecular weight excluding hydrogens is 260 g/mol. The highest BCUT2D eigenvalue weighted by Gasteiger charge is 2.25. The zero-order chi connectivity index (χ0) is 14.1. The average molecular weight is 280 g/mol. The zero-order valence-electron chi connectivity index (χ0n) is 11.3. The van der Waals surface area contributed by atoms with E-state index in [-0.39, 0.29) is 5.12 Å². The highest BCUT2D eigenvalue weighted by Crippen LogP contribution is 2.15. The molecule has 19 heavy (non-hydrogen) atoms. The van der Waals surface area contributed by atoms with E-state index in [4.69, 9.17) is 4.74 Å². The van der Waals surface area contributed by atoms with Crippen LogP contribution in [0.1, 0.15) is 19.4 Å². The minimum atomic E-state index is -0.903. The number of aliphatic hydroxyl groups is 1. The topological polar surface area (TPSA) is 46.5 Å². The fourth-order valence-electron chi connectivity index (χ4n) is 1.59. The summed E-state index contributed by atoms with van der Waals surface area (Å²) < 4.78 is 5.59. The highest BCUT2D eigenvalue weighted by molar-refractivity contribution is 8.13. The Hall–Kier alpha value is -1.10. The predicted octanol–water partition coefficient (Wildman–Crippen LogP) is 2.79. The number of carbonyl (C=O) groups excluding carboxylic acids is 1. The quantitative estimate of drug-likeness (QED) is 0.780. The Morgan fingerprint density at radius 1 is 1.42 bits per heavy atom. The van der Waals surface area contributed by atoms with Crippen molar-refractivity contribution in [1.82, 2.24) is 0 Å². The summed E-state index contributed by atoms with van der Waals surface area (Å²) in [5.41, 5.74) is 0.981. The molecule has 1 N–H and O–H groups in total. The Morgan fingerprint density at radius 2 is 2.11 bits per heavy atom. The third-order valence-electron chi connectivity index (χ3n) is 2.49. The van der Waals surface area contributed by atoms with Crippen molar-refractivity contribution >= 4 is 16.9 Å². The second kappa shape index (κ2) is 8.91. The first-order chi connectivity index (χ1) is 9.19. The van der Waals surface area contributed by atoms with Gasteiger partial charge in [-0.25, -0.2) is 0 Å². The van der Waals surface area contributed by atoms with Gasteiger partial charge >= 0.3 is 0 Å². The second-order valence-corrected chi connectivity index (χ2v) is 5.25. The molecule has 1 aromatic carbocycles. The molecule has 4 heteroatoms. The van der Waals surface area contributed by atoms with E-state index in [1.165, 1.54) is 11.8 Å². The molecule has 0 aliphatic rings. The third kappa shape index (κ3) is 5.59. The number of carbonyl (C=O) groups is 1. The van der Waals surface area contributed by atoms with Gasteiger partial charge in [-0.05, 0) is 18.2 Å². The summed E-state index contributed by atoms with van der Waals surface area (Å²) in [5, 5.41) is 9.80. The van der Waals surface area contributed by atoms with Crippen molar-refractivity contribution in [2.45, 2.75) is 32.7 Å². The molecule has 1 rings (SSSR count). The standard InChI is InChI=1S/C15H20O3S/c1-3-8-13(16)14(15(17)19-4-2)18-11-12-9-6-5-7-10-12/h3,5-10,13-14,16H,4,11H2,1-2H3/b8-3+/t13-,14-/m1/s1. The summed E-state index contributed by atoms with van der Waals surface area (Å²) >= 11 is 1.17. The van der Waals surface area contributed by atoms with Gasteiger partial charge in [-0.3, -0.25) is 4.79 Å². The minimum absolute atomic E-state index is 0.135. The average Bonchev–Trinajstić information content (AvgIpc) is 2.41. The van der Waals surface area contributed by atoms with E-state index in [0.29, 0.717) is 12.4 Å². The summed E-state index contributed by atoms with van der Waals surface area (Å²) in [6.07, 6.45) is 1.57. The molecule has 0 amide bonds. The first-order valence-corrected chi connectivity index (χ1v) is 7.30. The number of rotatable bonds is 7. The molecule has 0 aromatic heterocycles. The van der Waals surface area contributed by atoms with E-state index in [2.05, 4.69) is 0 Å². The van der Waals surface area contributed by atoms with Gasteiger partial charge in [0.15, 0.2) is 6.10 Å². The molecule has 0 spiro atoms. The molecule has 0 aliphatic carbocycles. The van der Waals surface area contributed by atoms with Crippen molar-refractivity contribution in [3.8, 4) is 0 Å². The molecule has 0 fully saturated rings. The molecule has 2 atom stereocenters. The van der Waals surface area contributed by atoms with Gasteiger partial charge in [0.25, 0.3) is 0 Å². The van der Waals surface area contributed by atoms with Crippen LogP contribution in [0.5, 0.6) is 0 Å². The van der Waals surface area contributed by atoms with Crippen molar-refractivity contribution in [1.29, 1.82) is 0 Å². The van der Waals surface area contributed by atoms with Crippen LogP contribution in [0.25, 0.3) is 0 Å². The maximum Gasteiger partial charge on any atom is 0.220 e. The molecule has 0 aliphatic heterocycles. The molecule has 0 radical (unpaired) electrons. The van der Waals surface area contributed by atoms with Crippen LogP contribution in [-0.4, -0.2) is 28.2 Å². The van der Waals surface area contributed by atoms with Gasteiger partial charge in [0.05, 0.1) is 6.61 Å². The molecule has 104 valence electrons. The largest absolute Gasteiger partial charge is 0.386 e. The SMILES string of the molecule is C/C=C/[C@@H](O)[C@@H](OCc1ccccc1)C(=O)SCC. The normalized spacial score (nSPS) is 14.5. The number of allylic oxidation sites excluding steroid dienone is 1. The Bertz CT molecular complexity index is 403. The van der Waals surface area contributed by atoms with E-state index in [1.807, 2.05) is 37.3 Å². The lowest BCUT2D eigenvalue weighted by Crippen LogP contribution is -2.34. The summed E-state index contributed by atoms with van der Waals surface area (Å²) in [6, 6.07) is 9.61. The molecule has 0 unspecified atom stereocenters. The van der Waals surface area contributed by atoms with Crippen LogP contribution in [0.3, 0.4) is 0 Å². The Morgan fingerprint density at radius 3 is 2.68 bits per heavy atom. The van der Waals surface area contributed by atoms with E-state index in [1.54, 1.807) is 19.1 Å². The number of ether oxygens (including phenoxy) is 1. The second-order valence-electron chi connectivity index (χ2n) is 3.99. The number of hydrogen-bond acceptors (Lipinski definition) is 4. The zero-order valence-corrected chi connectivity index (χ0v) is 12.1. The van der Waals surface area contributed by atoms with Gasteiger partial charge in [-0.1, -0.05) is 61.2 Å². The Labute approximate surface area is 118 Å². The van der Waals surface area contributed by atoms with E-state index in [9.17, 15) is 9.90 Å². The van der Waals surface area contributed by atoms with Gasteiger partial charge in [-0.15, -0.1) is 0 Å². The molecule has 1 aromatic rings. The Balaban J connectivity index is 2.66.